The van der Waals surface area contributed by atoms with E-state index in [0.717, 1.165) is 16.8 Å². The number of imidazole rings is 1. The van der Waals surface area contributed by atoms with E-state index in [2.05, 4.69) is 5.32 Å². The lowest BCUT2D eigenvalue weighted by molar-refractivity contribution is -0.116. The fourth-order valence-electron chi connectivity index (χ4n) is 3.73. The molecule has 3 heterocycles. The highest BCUT2D eigenvalue weighted by atomic mass is 35.5. The number of benzene rings is 2. The van der Waals surface area contributed by atoms with Gasteiger partial charge in [0.25, 0.3) is 0 Å². The van der Waals surface area contributed by atoms with Gasteiger partial charge in [0, 0.05) is 35.8 Å². The minimum absolute atomic E-state index is 0.0877. The predicted molar refractivity (Wildman–Crippen MR) is 124 cm³/mol. The molecule has 0 radical (unpaired) electrons. The Hall–Kier alpha value is -3.84. The highest BCUT2D eigenvalue weighted by Gasteiger charge is 2.17. The molecule has 0 bridgehead atoms. The van der Waals surface area contributed by atoms with Gasteiger partial charge < -0.3 is 9.73 Å². The van der Waals surface area contributed by atoms with Crippen LogP contribution in [-0.2, 0) is 11.3 Å². The molecule has 1 N–H and O–H groups in total. The molecule has 0 unspecified atom stereocenters. The number of fused-ring (bicyclic) bond motifs is 2. The van der Waals surface area contributed by atoms with Crippen LogP contribution >= 0.6 is 11.6 Å². The third kappa shape index (κ3) is 3.67. The highest BCUT2D eigenvalue weighted by molar-refractivity contribution is 6.31. The number of nitrogens with zero attached hydrogens (tertiary/aromatic N) is 3. The monoisotopic (exact) mass is 446 g/mol. The lowest BCUT2D eigenvalue weighted by Crippen LogP contribution is -2.20. The van der Waals surface area contributed by atoms with Gasteiger partial charge in [0.1, 0.15) is 17.2 Å². The van der Waals surface area contributed by atoms with Crippen LogP contribution in [0, 0.1) is 6.92 Å². The Morgan fingerprint density at radius 3 is 2.75 bits per heavy atom. The Kier molecular flexibility index (Phi) is 5.03. The van der Waals surface area contributed by atoms with Crippen LogP contribution in [-0.4, -0.2) is 19.9 Å². The number of halogens is 1. The Morgan fingerprint density at radius 1 is 1.12 bits per heavy atom. The Balaban J connectivity index is 1.45. The molecular formula is C24H19ClN4O3. The Labute approximate surface area is 187 Å². The highest BCUT2D eigenvalue weighted by Crippen LogP contribution is 2.29. The average molecular weight is 447 g/mol. The molecule has 0 fully saturated rings. The topological polar surface area (TPSA) is 81.5 Å². The smallest absolute Gasteiger partial charge is 0.408 e. The number of rotatable bonds is 5. The van der Waals surface area contributed by atoms with Crippen molar-refractivity contribution >= 4 is 40.1 Å². The zero-order chi connectivity index (χ0) is 22.2. The van der Waals surface area contributed by atoms with E-state index >= 15 is 0 Å². The summed E-state index contributed by atoms with van der Waals surface area (Å²) >= 11 is 5.97. The lowest BCUT2D eigenvalue weighted by atomic mass is 10.1. The summed E-state index contributed by atoms with van der Waals surface area (Å²) in [4.78, 5) is 29.9. The maximum atomic E-state index is 12.9. The number of hydrogen-bond acceptors (Lipinski definition) is 4. The van der Waals surface area contributed by atoms with Gasteiger partial charge in [-0.15, -0.1) is 0 Å². The van der Waals surface area contributed by atoms with E-state index in [-0.39, 0.29) is 18.9 Å². The molecular weight excluding hydrogens is 428 g/mol. The minimum Gasteiger partial charge on any atom is -0.408 e. The number of nitrogens with one attached hydrogen (secondary N) is 1. The first kappa shape index (κ1) is 20.1. The molecule has 0 saturated carbocycles. The number of anilines is 1. The lowest BCUT2D eigenvalue weighted by Gasteiger charge is -2.09. The molecule has 0 spiro atoms. The third-order valence-corrected chi connectivity index (χ3v) is 5.50. The Bertz CT molecular complexity index is 1520. The molecule has 5 aromatic rings. The summed E-state index contributed by atoms with van der Waals surface area (Å²) in [5.41, 5.74) is 4.36. The number of carbonyl (C=O) groups excluding carboxylic acids is 1. The first-order valence-corrected chi connectivity index (χ1v) is 10.5. The minimum atomic E-state index is -0.523. The molecule has 3 aromatic heterocycles. The van der Waals surface area contributed by atoms with E-state index in [1.54, 1.807) is 18.2 Å². The van der Waals surface area contributed by atoms with Gasteiger partial charge >= 0.3 is 5.76 Å². The van der Waals surface area contributed by atoms with Crippen LogP contribution in [0.3, 0.4) is 0 Å². The number of oxazole rings is 1. The first-order valence-electron chi connectivity index (χ1n) is 10.1. The van der Waals surface area contributed by atoms with E-state index in [9.17, 15) is 9.59 Å². The number of pyridine rings is 1. The molecule has 32 heavy (non-hydrogen) atoms. The maximum absolute atomic E-state index is 12.9. The van der Waals surface area contributed by atoms with Crippen molar-refractivity contribution in [3.8, 4) is 11.3 Å². The molecule has 0 atom stereocenters. The molecule has 0 aliphatic heterocycles. The zero-order valence-corrected chi connectivity index (χ0v) is 18.0. The van der Waals surface area contributed by atoms with Crippen molar-refractivity contribution in [2.75, 3.05) is 5.32 Å². The summed E-state index contributed by atoms with van der Waals surface area (Å²) in [7, 11) is 0. The van der Waals surface area contributed by atoms with Crippen LogP contribution in [0.5, 0.6) is 0 Å². The van der Waals surface area contributed by atoms with Gasteiger partial charge in [-0.1, -0.05) is 48.0 Å². The van der Waals surface area contributed by atoms with Crippen molar-refractivity contribution in [2.24, 2.45) is 0 Å². The van der Waals surface area contributed by atoms with E-state index in [1.165, 1.54) is 4.57 Å². The van der Waals surface area contributed by atoms with Gasteiger partial charge in [-0.3, -0.25) is 13.8 Å². The van der Waals surface area contributed by atoms with Crippen molar-refractivity contribution in [1.82, 2.24) is 14.0 Å². The van der Waals surface area contributed by atoms with Crippen molar-refractivity contribution in [2.45, 2.75) is 19.9 Å². The summed E-state index contributed by atoms with van der Waals surface area (Å²) in [6.45, 7) is 2.16. The summed E-state index contributed by atoms with van der Waals surface area (Å²) in [6.07, 6.45) is 2.02. The van der Waals surface area contributed by atoms with Crippen LogP contribution in [0.25, 0.3) is 28.0 Å². The fraction of sp³-hybridized carbons (Fsp3) is 0.125. The van der Waals surface area contributed by atoms with Crippen molar-refractivity contribution in [1.29, 1.82) is 0 Å². The predicted octanol–water partition coefficient (Wildman–Crippen LogP) is 4.90. The van der Waals surface area contributed by atoms with E-state index < -0.39 is 5.76 Å². The average Bonchev–Trinajstić information content (AvgIpc) is 3.29. The summed E-state index contributed by atoms with van der Waals surface area (Å²) in [6, 6.07) is 18.6. The molecule has 1 amide bonds. The number of aryl methyl sites for hydroxylation is 2. The van der Waals surface area contributed by atoms with E-state index in [0.29, 0.717) is 27.6 Å². The summed E-state index contributed by atoms with van der Waals surface area (Å²) < 4.78 is 8.55. The van der Waals surface area contributed by atoms with Crippen LogP contribution in [0.4, 0.5) is 5.82 Å². The second kappa shape index (κ2) is 8.01. The van der Waals surface area contributed by atoms with Crippen molar-refractivity contribution in [3.63, 3.8) is 0 Å². The largest absolute Gasteiger partial charge is 0.419 e. The molecule has 8 heteroatoms. The summed E-state index contributed by atoms with van der Waals surface area (Å²) in [5, 5.41) is 3.47. The van der Waals surface area contributed by atoms with Crippen LogP contribution < -0.4 is 11.1 Å². The molecule has 7 nitrogen and oxygen atoms in total. The van der Waals surface area contributed by atoms with E-state index in [1.807, 2.05) is 60.0 Å². The van der Waals surface area contributed by atoms with Crippen LogP contribution in [0.1, 0.15) is 12.0 Å². The number of amides is 1. The van der Waals surface area contributed by atoms with Gasteiger partial charge in [0.2, 0.25) is 5.91 Å². The number of aromatic nitrogens is 3. The molecule has 2 aromatic carbocycles. The molecule has 5 rings (SSSR count). The normalized spacial score (nSPS) is 11.3. The van der Waals surface area contributed by atoms with Gasteiger partial charge in [-0.2, -0.15) is 0 Å². The second-order valence-corrected chi connectivity index (χ2v) is 7.98. The number of carbonyl (C=O) groups is 1. The summed E-state index contributed by atoms with van der Waals surface area (Å²) in [5.74, 6) is -0.165. The molecule has 0 saturated heterocycles. The SMILES string of the molecule is Cc1ccc2nc(-c3ccccc3)c(NC(=O)CCn3c(=O)oc4cc(Cl)ccc43)n2c1. The maximum Gasteiger partial charge on any atom is 0.419 e. The van der Waals surface area contributed by atoms with Gasteiger partial charge in [-0.25, -0.2) is 9.78 Å². The molecule has 0 aliphatic carbocycles. The van der Waals surface area contributed by atoms with E-state index in [4.69, 9.17) is 21.0 Å². The second-order valence-electron chi connectivity index (χ2n) is 7.54. The molecule has 0 aliphatic rings. The zero-order valence-electron chi connectivity index (χ0n) is 17.2. The van der Waals surface area contributed by atoms with Crippen LogP contribution in [0.15, 0.2) is 76.1 Å². The van der Waals surface area contributed by atoms with Crippen LogP contribution in [0.2, 0.25) is 5.02 Å². The van der Waals surface area contributed by atoms with Gasteiger partial charge in [0.05, 0.1) is 5.52 Å². The standard InChI is InChI=1S/C24H19ClN4O3/c1-15-7-10-20-26-22(16-5-3-2-4-6-16)23(29(20)14-15)27-21(30)11-12-28-18-9-8-17(25)13-19(18)32-24(28)31/h2-10,13-14H,11-12H2,1H3,(H,27,30). The quantitative estimate of drug-likeness (QED) is 0.416. The van der Waals surface area contributed by atoms with Crippen molar-refractivity contribution in [3.05, 3.63) is 88.0 Å². The third-order valence-electron chi connectivity index (χ3n) is 5.26. The van der Waals surface area contributed by atoms with Crippen molar-refractivity contribution < 1.29 is 9.21 Å². The number of hydrogen-bond donors (Lipinski definition) is 1. The fourth-order valence-corrected chi connectivity index (χ4v) is 3.89. The first-order chi connectivity index (χ1) is 15.5. The van der Waals surface area contributed by atoms with Gasteiger partial charge in [0.15, 0.2) is 5.58 Å². The Morgan fingerprint density at radius 2 is 1.94 bits per heavy atom. The molecule has 160 valence electrons. The van der Waals surface area contributed by atoms with Gasteiger partial charge in [-0.05, 0) is 30.7 Å².